The molecule has 2 bridgehead atoms. The van der Waals surface area contributed by atoms with E-state index in [1.807, 2.05) is 17.0 Å². The maximum atomic E-state index is 12.7. The molecule has 2 aliphatic heterocycles. The van der Waals surface area contributed by atoms with Gasteiger partial charge in [-0.15, -0.1) is 0 Å². The lowest BCUT2D eigenvalue weighted by Crippen LogP contribution is -2.49. The Morgan fingerprint density at radius 2 is 1.83 bits per heavy atom. The number of carbonyl (C=O) groups excluding carboxylic acids is 1. The molecule has 2 amide bonds. The Hall–Kier alpha value is -2.08. The number of benzene rings is 1. The first kappa shape index (κ1) is 14.5. The molecule has 1 aromatic carbocycles. The fourth-order valence-corrected chi connectivity index (χ4v) is 4.03. The Kier molecular flexibility index (Phi) is 3.69. The highest BCUT2D eigenvalue weighted by molar-refractivity contribution is 6.30. The fourth-order valence-electron chi connectivity index (χ4n) is 3.84. The van der Waals surface area contributed by atoms with E-state index in [1.165, 1.54) is 0 Å². The van der Waals surface area contributed by atoms with Gasteiger partial charge in [-0.2, -0.15) is 15.0 Å². The number of nitrogens with one attached hydrogen (secondary N) is 1. The van der Waals surface area contributed by atoms with Crippen LogP contribution in [0.5, 0.6) is 0 Å². The van der Waals surface area contributed by atoms with Crippen molar-refractivity contribution in [1.29, 1.82) is 0 Å². The molecule has 2 saturated heterocycles. The summed E-state index contributed by atoms with van der Waals surface area (Å²) in [5, 5.41) is 12.1. The molecule has 2 atom stereocenters. The quantitative estimate of drug-likeness (QED) is 0.918. The van der Waals surface area contributed by atoms with Crippen LogP contribution in [0.15, 0.2) is 36.7 Å². The van der Waals surface area contributed by atoms with Crippen LogP contribution < -0.4 is 5.32 Å². The summed E-state index contributed by atoms with van der Waals surface area (Å²) in [5.41, 5.74) is 0.734. The minimum atomic E-state index is -0.0355. The Balaban J connectivity index is 1.47. The van der Waals surface area contributed by atoms with Crippen LogP contribution in [0.1, 0.15) is 31.7 Å². The van der Waals surface area contributed by atoms with E-state index in [1.54, 1.807) is 29.3 Å². The number of anilines is 1. The molecule has 1 aromatic heterocycles. The van der Waals surface area contributed by atoms with E-state index in [2.05, 4.69) is 15.5 Å². The molecule has 2 aromatic rings. The summed E-state index contributed by atoms with van der Waals surface area (Å²) in [5.74, 6) is 0. The predicted molar refractivity (Wildman–Crippen MR) is 87.4 cm³/mol. The van der Waals surface area contributed by atoms with E-state index in [-0.39, 0.29) is 24.2 Å². The van der Waals surface area contributed by atoms with Crippen molar-refractivity contribution in [1.82, 2.24) is 19.9 Å². The van der Waals surface area contributed by atoms with Crippen LogP contribution in [0.2, 0.25) is 5.02 Å². The van der Waals surface area contributed by atoms with Crippen molar-refractivity contribution < 1.29 is 4.79 Å². The highest BCUT2D eigenvalue weighted by Gasteiger charge is 2.44. The van der Waals surface area contributed by atoms with Gasteiger partial charge in [0.2, 0.25) is 0 Å². The highest BCUT2D eigenvalue weighted by atomic mass is 35.5. The molecule has 6 nitrogen and oxygen atoms in total. The predicted octanol–water partition coefficient (Wildman–Crippen LogP) is 3.33. The molecule has 2 fully saturated rings. The smallest absolute Gasteiger partial charge is 0.318 e. The van der Waals surface area contributed by atoms with Gasteiger partial charge in [0, 0.05) is 22.8 Å². The Morgan fingerprint density at radius 1 is 1.13 bits per heavy atom. The summed E-state index contributed by atoms with van der Waals surface area (Å²) in [6.45, 7) is 0. The monoisotopic (exact) mass is 331 g/mol. The van der Waals surface area contributed by atoms with Gasteiger partial charge in [0.15, 0.2) is 0 Å². The molecule has 0 aliphatic carbocycles. The summed E-state index contributed by atoms with van der Waals surface area (Å²) in [6.07, 6.45) is 7.33. The molecular formula is C16H18ClN5O. The van der Waals surface area contributed by atoms with E-state index < -0.39 is 0 Å². The van der Waals surface area contributed by atoms with Crippen molar-refractivity contribution in [3.05, 3.63) is 41.7 Å². The number of piperidine rings is 1. The molecule has 3 heterocycles. The molecule has 23 heavy (non-hydrogen) atoms. The Labute approximate surface area is 139 Å². The molecular weight excluding hydrogens is 314 g/mol. The fraction of sp³-hybridized carbons (Fsp3) is 0.438. The number of urea groups is 1. The second kappa shape index (κ2) is 5.85. The first-order chi connectivity index (χ1) is 11.2. The Morgan fingerprint density at radius 3 is 2.48 bits per heavy atom. The lowest BCUT2D eigenvalue weighted by molar-refractivity contribution is 0.124. The van der Waals surface area contributed by atoms with Crippen molar-refractivity contribution in [3.8, 4) is 0 Å². The second-order valence-corrected chi connectivity index (χ2v) is 6.64. The number of hydrogen-bond donors (Lipinski definition) is 1. The van der Waals surface area contributed by atoms with Crippen LogP contribution in [0, 0.1) is 0 Å². The standard InChI is InChI=1S/C16H18ClN5O/c17-11-2-1-3-12(8-11)20-16(23)21-13-4-5-14(21)10-15(9-13)22-18-6-7-19-22/h1-3,6-8,13-15H,4-5,9-10H2,(H,20,23). The summed E-state index contributed by atoms with van der Waals surface area (Å²) < 4.78 is 0. The zero-order chi connectivity index (χ0) is 15.8. The van der Waals surface area contributed by atoms with Gasteiger partial charge < -0.3 is 10.2 Å². The zero-order valence-electron chi connectivity index (χ0n) is 12.6. The third kappa shape index (κ3) is 2.79. The van der Waals surface area contributed by atoms with Gasteiger partial charge in [0.1, 0.15) is 0 Å². The van der Waals surface area contributed by atoms with Crippen molar-refractivity contribution in [2.24, 2.45) is 0 Å². The molecule has 0 spiro atoms. The summed E-state index contributed by atoms with van der Waals surface area (Å²) in [7, 11) is 0. The number of nitrogens with zero attached hydrogens (tertiary/aromatic N) is 4. The average Bonchev–Trinajstić information content (AvgIpc) is 3.14. The maximum absolute atomic E-state index is 12.7. The largest absolute Gasteiger partial charge is 0.322 e. The third-order valence-corrected chi connectivity index (χ3v) is 5.02. The summed E-state index contributed by atoms with van der Waals surface area (Å²) >= 11 is 5.98. The second-order valence-electron chi connectivity index (χ2n) is 6.21. The number of halogens is 1. The van der Waals surface area contributed by atoms with E-state index >= 15 is 0 Å². The molecule has 1 N–H and O–H groups in total. The van der Waals surface area contributed by atoms with E-state index in [9.17, 15) is 4.79 Å². The molecule has 0 radical (unpaired) electrons. The van der Waals surface area contributed by atoms with E-state index in [0.717, 1.165) is 31.4 Å². The number of aromatic nitrogens is 3. The van der Waals surface area contributed by atoms with Gasteiger partial charge in [0.05, 0.1) is 18.4 Å². The van der Waals surface area contributed by atoms with Crippen molar-refractivity contribution >= 4 is 23.3 Å². The average molecular weight is 332 g/mol. The maximum Gasteiger partial charge on any atom is 0.322 e. The van der Waals surface area contributed by atoms with Crippen LogP contribution in [0.25, 0.3) is 0 Å². The van der Waals surface area contributed by atoms with Crippen molar-refractivity contribution in [2.75, 3.05) is 5.32 Å². The van der Waals surface area contributed by atoms with Gasteiger partial charge in [-0.1, -0.05) is 17.7 Å². The van der Waals surface area contributed by atoms with E-state index in [4.69, 9.17) is 11.6 Å². The minimum absolute atomic E-state index is 0.0355. The number of fused-ring (bicyclic) bond motifs is 2. The van der Waals surface area contributed by atoms with Gasteiger partial charge in [-0.3, -0.25) is 0 Å². The number of hydrogen-bond acceptors (Lipinski definition) is 3. The van der Waals surface area contributed by atoms with Crippen LogP contribution >= 0.6 is 11.6 Å². The molecule has 0 saturated carbocycles. The summed E-state index contributed by atoms with van der Waals surface area (Å²) in [6, 6.07) is 8.01. The van der Waals surface area contributed by atoms with Crippen LogP contribution in [0.4, 0.5) is 10.5 Å². The van der Waals surface area contributed by atoms with Crippen LogP contribution in [-0.2, 0) is 0 Å². The van der Waals surface area contributed by atoms with Crippen molar-refractivity contribution in [2.45, 2.75) is 43.8 Å². The lowest BCUT2D eigenvalue weighted by atomic mass is 9.98. The number of carbonyl (C=O) groups is 1. The molecule has 7 heteroatoms. The number of amides is 2. The molecule has 2 unspecified atom stereocenters. The molecule has 4 rings (SSSR count). The number of rotatable bonds is 2. The zero-order valence-corrected chi connectivity index (χ0v) is 13.4. The van der Waals surface area contributed by atoms with Crippen LogP contribution in [0.3, 0.4) is 0 Å². The van der Waals surface area contributed by atoms with E-state index in [0.29, 0.717) is 5.02 Å². The van der Waals surface area contributed by atoms with Gasteiger partial charge >= 0.3 is 6.03 Å². The molecule has 2 aliphatic rings. The highest BCUT2D eigenvalue weighted by Crippen LogP contribution is 2.40. The van der Waals surface area contributed by atoms with Gasteiger partial charge in [0.25, 0.3) is 0 Å². The summed E-state index contributed by atoms with van der Waals surface area (Å²) in [4.78, 5) is 16.5. The van der Waals surface area contributed by atoms with Crippen LogP contribution in [-0.4, -0.2) is 38.0 Å². The lowest BCUT2D eigenvalue weighted by Gasteiger charge is -2.38. The minimum Gasteiger partial charge on any atom is -0.318 e. The van der Waals surface area contributed by atoms with Gasteiger partial charge in [-0.25, -0.2) is 4.79 Å². The Bertz CT molecular complexity index is 690. The first-order valence-electron chi connectivity index (χ1n) is 7.91. The topological polar surface area (TPSA) is 63.1 Å². The van der Waals surface area contributed by atoms with Gasteiger partial charge in [-0.05, 0) is 43.9 Å². The normalized spacial score (nSPS) is 26.3. The third-order valence-electron chi connectivity index (χ3n) is 4.78. The SMILES string of the molecule is O=C(Nc1cccc(Cl)c1)N1C2CCC1CC(n1nccn1)C2. The first-order valence-corrected chi connectivity index (χ1v) is 8.29. The van der Waals surface area contributed by atoms with Crippen molar-refractivity contribution in [3.63, 3.8) is 0 Å². The molecule has 120 valence electrons.